The molecular weight excluding hydrogens is 436 g/mol. The van der Waals surface area contributed by atoms with Crippen LogP contribution in [-0.4, -0.2) is 36.9 Å². The number of carboxylic acid groups (broad SMARTS) is 2. The molecule has 2 heterocycles. The number of pyridine rings is 1. The summed E-state index contributed by atoms with van der Waals surface area (Å²) in [4.78, 5) is 27.5. The van der Waals surface area contributed by atoms with Gasteiger partial charge in [0.15, 0.2) is 0 Å². The minimum atomic E-state index is -1.25. The molecule has 0 fully saturated rings. The van der Waals surface area contributed by atoms with Gasteiger partial charge in [-0.05, 0) is 42.9 Å². The predicted octanol–water partition coefficient (Wildman–Crippen LogP) is 3.58. The highest BCUT2D eigenvalue weighted by molar-refractivity contribution is 5.90. The van der Waals surface area contributed by atoms with E-state index < -0.39 is 18.5 Å². The van der Waals surface area contributed by atoms with Crippen molar-refractivity contribution in [2.45, 2.75) is 53.8 Å². The molecule has 0 amide bonds. The van der Waals surface area contributed by atoms with Crippen LogP contribution in [0.15, 0.2) is 30.5 Å². The lowest BCUT2D eigenvalue weighted by Crippen LogP contribution is -2.14. The number of benzene rings is 1. The van der Waals surface area contributed by atoms with Crippen LogP contribution in [0.4, 0.5) is 0 Å². The van der Waals surface area contributed by atoms with E-state index >= 15 is 0 Å². The van der Waals surface area contributed by atoms with E-state index in [4.69, 9.17) is 20.6 Å². The Morgan fingerprint density at radius 3 is 2.35 bits per heavy atom. The third-order valence-electron chi connectivity index (χ3n) is 5.45. The van der Waals surface area contributed by atoms with Gasteiger partial charge in [-0.25, -0.2) is 4.79 Å². The number of aromatic carboxylic acids is 1. The van der Waals surface area contributed by atoms with Crippen LogP contribution in [0.3, 0.4) is 0 Å². The summed E-state index contributed by atoms with van der Waals surface area (Å²) in [6.07, 6.45) is 1.92. The second kappa shape index (κ2) is 10.5. The van der Waals surface area contributed by atoms with Gasteiger partial charge in [0.1, 0.15) is 18.7 Å². The molecule has 0 radical (unpaired) electrons. The van der Waals surface area contributed by atoms with Crippen molar-refractivity contribution in [2.75, 3.05) is 0 Å². The fourth-order valence-electron chi connectivity index (χ4n) is 3.88. The van der Waals surface area contributed by atoms with Gasteiger partial charge in [0.25, 0.3) is 0 Å². The van der Waals surface area contributed by atoms with E-state index in [0.717, 1.165) is 56.5 Å². The number of nitrogens with two attached hydrogens (primary N) is 1. The minimum Gasteiger partial charge on any atom is -0.480 e. The molecule has 9 nitrogen and oxygen atoms in total. The van der Waals surface area contributed by atoms with Crippen LogP contribution in [0.2, 0.25) is 0 Å². The Morgan fingerprint density at radius 1 is 1.12 bits per heavy atom. The van der Waals surface area contributed by atoms with Crippen molar-refractivity contribution in [1.82, 2.24) is 14.8 Å². The van der Waals surface area contributed by atoms with Gasteiger partial charge in [-0.1, -0.05) is 43.7 Å². The summed E-state index contributed by atoms with van der Waals surface area (Å²) in [5.74, 6) is -2.15. The molecule has 0 atom stereocenters. The van der Waals surface area contributed by atoms with E-state index in [1.54, 1.807) is 0 Å². The van der Waals surface area contributed by atoms with Gasteiger partial charge in [-0.2, -0.15) is 0 Å². The molecule has 0 unspecified atom stereocenters. The van der Waals surface area contributed by atoms with E-state index in [1.165, 1.54) is 0 Å². The molecule has 34 heavy (non-hydrogen) atoms. The van der Waals surface area contributed by atoms with Crippen molar-refractivity contribution in [2.24, 2.45) is 11.7 Å². The van der Waals surface area contributed by atoms with E-state index in [0.29, 0.717) is 12.5 Å². The first-order chi connectivity index (χ1) is 16.1. The lowest BCUT2D eigenvalue weighted by molar-refractivity contribution is -0.137. The molecule has 0 aliphatic rings. The normalized spacial score (nSPS) is 11.1. The molecule has 4 N–H and O–H groups in total. The van der Waals surface area contributed by atoms with Gasteiger partial charge >= 0.3 is 11.9 Å². The molecule has 180 valence electrons. The maximum atomic E-state index is 11.7. The number of nitrogens with zero attached hydrogens (tertiary/aromatic N) is 3. The lowest BCUT2D eigenvalue weighted by Gasteiger charge is -2.21. The number of aliphatic carboxylic acids is 1. The second-order valence-electron chi connectivity index (χ2n) is 8.68. The van der Waals surface area contributed by atoms with Crippen molar-refractivity contribution in [3.63, 3.8) is 0 Å². The molecule has 0 aliphatic heterocycles. The summed E-state index contributed by atoms with van der Waals surface area (Å²) < 4.78 is 6.88. The summed E-state index contributed by atoms with van der Waals surface area (Å²) in [6.45, 7) is 7.98. The van der Waals surface area contributed by atoms with Crippen molar-refractivity contribution >= 4 is 11.9 Å². The van der Waals surface area contributed by atoms with E-state index in [-0.39, 0.29) is 18.1 Å². The Balaban J connectivity index is 2.09. The maximum Gasteiger partial charge on any atom is 0.342 e. The maximum absolute atomic E-state index is 11.7. The molecule has 9 heteroatoms. The molecular formula is C25H30N4O5. The third kappa shape index (κ3) is 5.60. The molecule has 3 aromatic rings. The molecule has 0 spiro atoms. The largest absolute Gasteiger partial charge is 0.480 e. The van der Waals surface area contributed by atoms with Crippen LogP contribution in [-0.2, 0) is 30.9 Å². The Hall–Kier alpha value is -3.72. The Morgan fingerprint density at radius 2 is 1.79 bits per heavy atom. The Bertz CT molecular complexity index is 1200. The summed E-state index contributed by atoms with van der Waals surface area (Å²) in [6, 6.07) is 8.09. The van der Waals surface area contributed by atoms with Gasteiger partial charge in [-0.3, -0.25) is 14.5 Å². The Labute approximate surface area is 198 Å². The first-order valence-corrected chi connectivity index (χ1v) is 11.0. The summed E-state index contributed by atoms with van der Waals surface area (Å²) in [5, 5.41) is 22.5. The highest BCUT2D eigenvalue weighted by Crippen LogP contribution is 2.33. The average molecular weight is 467 g/mol. The fraction of sp³-hybridized carbons (Fsp3) is 0.360. The van der Waals surface area contributed by atoms with Crippen molar-refractivity contribution < 1.29 is 24.5 Å². The van der Waals surface area contributed by atoms with Crippen LogP contribution in [0.5, 0.6) is 5.88 Å². The monoisotopic (exact) mass is 466 g/mol. The average Bonchev–Trinajstić information content (AvgIpc) is 3.15. The third-order valence-corrected chi connectivity index (χ3v) is 5.45. The number of carboxylic acids is 2. The molecule has 0 saturated heterocycles. The summed E-state index contributed by atoms with van der Waals surface area (Å²) >= 11 is 0. The molecule has 0 bridgehead atoms. The number of hydrogen-bond acceptors (Lipinski definition) is 6. The van der Waals surface area contributed by atoms with Crippen molar-refractivity contribution in [3.05, 3.63) is 64.1 Å². The van der Waals surface area contributed by atoms with Gasteiger partial charge in [0, 0.05) is 29.7 Å². The van der Waals surface area contributed by atoms with Gasteiger partial charge in [0.05, 0.1) is 0 Å². The molecule has 3 rings (SSSR count). The van der Waals surface area contributed by atoms with Crippen LogP contribution in [0.1, 0.15) is 52.3 Å². The number of aromatic nitrogens is 3. The van der Waals surface area contributed by atoms with E-state index in [2.05, 4.69) is 18.9 Å². The van der Waals surface area contributed by atoms with Crippen LogP contribution >= 0.6 is 0 Å². The first-order valence-electron chi connectivity index (χ1n) is 11.0. The quantitative estimate of drug-likeness (QED) is 0.412. The zero-order chi connectivity index (χ0) is 25.0. The molecule has 0 aliphatic carbocycles. The smallest absolute Gasteiger partial charge is 0.342 e. The molecule has 0 saturated carbocycles. The van der Waals surface area contributed by atoms with Gasteiger partial charge in [-0.15, -0.1) is 5.10 Å². The van der Waals surface area contributed by atoms with Gasteiger partial charge < -0.3 is 20.7 Å². The topological polar surface area (TPSA) is 141 Å². The summed E-state index contributed by atoms with van der Waals surface area (Å²) in [5.41, 5.74) is 12.4. The lowest BCUT2D eigenvalue weighted by atomic mass is 9.90. The standard InChI is InChI=1S/C25H30N4O5/c1-14(2)9-21-18(10-26)23(17-7-5-15(3)6-8-17)20(16(4)27-21)13-34-24-19(25(32)33)11-29(28-24)12-22(30)31/h5-8,11,14H,9-10,12-13,26H2,1-4H3,(H,30,31)(H,32,33). The zero-order valence-electron chi connectivity index (χ0n) is 19.8. The first kappa shape index (κ1) is 24.9. The fourth-order valence-corrected chi connectivity index (χ4v) is 3.88. The number of ether oxygens (including phenoxy) is 1. The number of aryl methyl sites for hydroxylation is 2. The zero-order valence-corrected chi connectivity index (χ0v) is 19.8. The SMILES string of the molecule is Cc1ccc(-c2c(COc3nn(CC(=O)O)cc3C(=O)O)c(C)nc(CC(C)C)c2CN)cc1. The van der Waals surface area contributed by atoms with E-state index in [1.807, 2.05) is 38.1 Å². The summed E-state index contributed by atoms with van der Waals surface area (Å²) in [7, 11) is 0. The molecule has 2 aromatic heterocycles. The van der Waals surface area contributed by atoms with Crippen LogP contribution in [0.25, 0.3) is 11.1 Å². The van der Waals surface area contributed by atoms with Gasteiger partial charge in [0.2, 0.25) is 5.88 Å². The molecule has 1 aromatic carbocycles. The highest BCUT2D eigenvalue weighted by atomic mass is 16.5. The number of rotatable bonds is 10. The highest BCUT2D eigenvalue weighted by Gasteiger charge is 2.22. The van der Waals surface area contributed by atoms with Crippen molar-refractivity contribution in [3.8, 4) is 17.0 Å². The van der Waals surface area contributed by atoms with Crippen LogP contribution in [0, 0.1) is 19.8 Å². The van der Waals surface area contributed by atoms with Crippen molar-refractivity contribution in [1.29, 1.82) is 0 Å². The van der Waals surface area contributed by atoms with E-state index in [9.17, 15) is 14.7 Å². The van der Waals surface area contributed by atoms with Crippen LogP contribution < -0.4 is 10.5 Å². The Kier molecular flexibility index (Phi) is 7.68. The number of carbonyl (C=O) groups is 2. The minimum absolute atomic E-state index is 0.00136. The predicted molar refractivity (Wildman–Crippen MR) is 127 cm³/mol. The second-order valence-corrected chi connectivity index (χ2v) is 8.68. The number of hydrogen-bond donors (Lipinski definition) is 3.